The van der Waals surface area contributed by atoms with Gasteiger partial charge in [0.05, 0.1) is 20.4 Å². The van der Waals surface area contributed by atoms with Crippen molar-refractivity contribution in [3.8, 4) is 0 Å². The molecule has 11 heteroatoms. The molecule has 1 aromatic rings. The molecule has 4 atom stereocenters. The lowest BCUT2D eigenvalue weighted by atomic mass is 9.79. The van der Waals surface area contributed by atoms with Gasteiger partial charge in [-0.1, -0.05) is 6.07 Å². The van der Waals surface area contributed by atoms with E-state index in [0.717, 1.165) is 18.2 Å². The first-order valence-corrected chi connectivity index (χ1v) is 9.08. The summed E-state index contributed by atoms with van der Waals surface area (Å²) < 4.78 is 25.5. The second-order valence-electron chi connectivity index (χ2n) is 5.68. The van der Waals surface area contributed by atoms with Crippen LogP contribution in [0.4, 0.5) is 5.69 Å². The Balaban J connectivity index is 2.42. The van der Waals surface area contributed by atoms with Crippen molar-refractivity contribution >= 4 is 39.1 Å². The van der Waals surface area contributed by atoms with Crippen LogP contribution in [0.25, 0.3) is 0 Å². The summed E-state index contributed by atoms with van der Waals surface area (Å²) in [5.41, 5.74) is -0.452. The third kappa shape index (κ3) is 3.74. The van der Waals surface area contributed by atoms with Crippen molar-refractivity contribution in [1.29, 1.82) is 0 Å². The van der Waals surface area contributed by atoms with E-state index in [4.69, 9.17) is 11.6 Å². The van der Waals surface area contributed by atoms with Gasteiger partial charge in [0.25, 0.3) is 5.69 Å². The molecule has 0 radical (unpaired) electrons. The summed E-state index contributed by atoms with van der Waals surface area (Å²) in [7, 11) is -4.22. The Hall–Kier alpha value is -2.20. The first-order valence-electron chi connectivity index (χ1n) is 7.10. The number of hydrogen-bond acceptors (Lipinski definition) is 8. The highest BCUT2D eigenvalue weighted by Gasteiger charge is 2.44. The lowest BCUT2D eigenvalue weighted by molar-refractivity contribution is -0.385. The number of nitro benzene ring substituents is 1. The predicted molar refractivity (Wildman–Crippen MR) is 79.9 cm³/mol. The highest BCUT2D eigenvalue weighted by atomic mass is 35.5. The molecule has 1 fully saturated rings. The van der Waals surface area contributed by atoms with Gasteiger partial charge in [-0.2, -0.15) is 0 Å². The van der Waals surface area contributed by atoms with Gasteiger partial charge in [0, 0.05) is 35.9 Å². The molecule has 0 N–H and O–H groups in total. The van der Waals surface area contributed by atoms with E-state index in [1.54, 1.807) is 0 Å². The van der Waals surface area contributed by atoms with Crippen molar-refractivity contribution in [2.45, 2.75) is 28.4 Å². The number of halogens is 1. The van der Waals surface area contributed by atoms with Crippen LogP contribution in [0, 0.1) is 22.0 Å². The van der Waals surface area contributed by atoms with Gasteiger partial charge in [-0.25, -0.2) is 8.42 Å². The van der Waals surface area contributed by atoms with Crippen LogP contribution >= 0.6 is 11.6 Å². The molecular formula is C14H12ClNO8S-2. The number of hydrogen-bond donors (Lipinski definition) is 0. The molecule has 0 saturated heterocycles. The van der Waals surface area contributed by atoms with Crippen LogP contribution < -0.4 is 10.2 Å². The SMILES string of the molecule is O=C([O-])[C@@H]1C[C@H](Cl)[C@@H](S(=O)(=O)c2cccc([N+](=O)[O-])c2)C[C@H]1C(=O)[O-]. The van der Waals surface area contributed by atoms with Gasteiger partial charge in [0.15, 0.2) is 9.84 Å². The molecule has 1 aliphatic rings. The number of nitro groups is 1. The van der Waals surface area contributed by atoms with Gasteiger partial charge in [-0.05, 0) is 18.9 Å². The minimum absolute atomic E-state index is 0.388. The Morgan fingerprint density at radius 3 is 2.20 bits per heavy atom. The zero-order chi connectivity index (χ0) is 18.9. The number of aliphatic carboxylic acids is 2. The molecule has 0 aromatic heterocycles. The van der Waals surface area contributed by atoms with Gasteiger partial charge in [0.1, 0.15) is 0 Å². The second kappa shape index (κ2) is 6.96. The first kappa shape index (κ1) is 19.1. The molecule has 0 heterocycles. The van der Waals surface area contributed by atoms with Crippen molar-refractivity contribution in [3.63, 3.8) is 0 Å². The Bertz CT molecular complexity index is 824. The number of nitrogens with zero attached hydrogens (tertiary/aromatic N) is 1. The normalized spacial score (nSPS) is 26.8. The number of rotatable bonds is 5. The van der Waals surface area contributed by atoms with Gasteiger partial charge in [0.2, 0.25) is 0 Å². The summed E-state index contributed by atoms with van der Waals surface area (Å²) in [6.45, 7) is 0. The molecule has 1 aromatic carbocycles. The minimum atomic E-state index is -4.22. The number of carbonyl (C=O) groups is 2. The van der Waals surface area contributed by atoms with Crippen molar-refractivity contribution in [1.82, 2.24) is 0 Å². The van der Waals surface area contributed by atoms with Crippen LogP contribution in [0.15, 0.2) is 29.2 Å². The number of carboxylic acids is 2. The Morgan fingerprint density at radius 2 is 1.68 bits per heavy atom. The number of alkyl halides is 1. The van der Waals surface area contributed by atoms with Crippen molar-refractivity contribution in [2.24, 2.45) is 11.8 Å². The zero-order valence-corrected chi connectivity index (χ0v) is 14.1. The first-order chi connectivity index (χ1) is 11.6. The zero-order valence-electron chi connectivity index (χ0n) is 12.5. The third-order valence-corrected chi connectivity index (χ3v) is 7.08. The minimum Gasteiger partial charge on any atom is -0.550 e. The number of carbonyl (C=O) groups excluding carboxylic acids is 2. The molecule has 0 amide bonds. The fourth-order valence-corrected chi connectivity index (χ4v) is 5.48. The Labute approximate surface area is 147 Å². The maximum Gasteiger partial charge on any atom is 0.270 e. The van der Waals surface area contributed by atoms with Crippen molar-refractivity contribution < 1.29 is 33.1 Å². The summed E-state index contributed by atoms with van der Waals surface area (Å²) in [5, 5.41) is 30.5. The highest BCUT2D eigenvalue weighted by molar-refractivity contribution is 7.92. The van der Waals surface area contributed by atoms with Gasteiger partial charge in [-0.15, -0.1) is 11.6 Å². The lowest BCUT2D eigenvalue weighted by Gasteiger charge is -2.39. The largest absolute Gasteiger partial charge is 0.550 e. The topological polar surface area (TPSA) is 158 Å². The van der Waals surface area contributed by atoms with E-state index in [1.165, 1.54) is 6.07 Å². The second-order valence-corrected chi connectivity index (χ2v) is 8.40. The summed E-state index contributed by atoms with van der Waals surface area (Å²) in [4.78, 5) is 31.9. The van der Waals surface area contributed by atoms with Crippen molar-refractivity contribution in [3.05, 3.63) is 34.4 Å². The van der Waals surface area contributed by atoms with Gasteiger partial charge >= 0.3 is 0 Å². The maximum absolute atomic E-state index is 12.7. The molecule has 1 saturated carbocycles. The maximum atomic E-state index is 12.7. The van der Waals surface area contributed by atoms with E-state index in [-0.39, 0.29) is 4.90 Å². The van der Waals surface area contributed by atoms with Crippen LogP contribution in [-0.2, 0) is 19.4 Å². The average molecular weight is 390 g/mol. The van der Waals surface area contributed by atoms with E-state index in [9.17, 15) is 38.3 Å². The van der Waals surface area contributed by atoms with E-state index >= 15 is 0 Å². The smallest absolute Gasteiger partial charge is 0.270 e. The molecule has 0 spiro atoms. The lowest BCUT2D eigenvalue weighted by Crippen LogP contribution is -2.52. The van der Waals surface area contributed by atoms with E-state index in [1.807, 2.05) is 0 Å². The number of sulfone groups is 1. The molecule has 1 aliphatic carbocycles. The molecule has 2 rings (SSSR count). The van der Waals surface area contributed by atoms with Gasteiger partial charge in [-0.3, -0.25) is 10.1 Å². The van der Waals surface area contributed by atoms with Gasteiger partial charge < -0.3 is 19.8 Å². The average Bonchev–Trinajstić information content (AvgIpc) is 2.54. The summed E-state index contributed by atoms with van der Waals surface area (Å²) in [6, 6.07) is 4.26. The van der Waals surface area contributed by atoms with E-state index in [0.29, 0.717) is 0 Å². The van der Waals surface area contributed by atoms with Crippen LogP contribution in [0.3, 0.4) is 0 Å². The number of carboxylic acid groups (broad SMARTS) is 2. The van der Waals surface area contributed by atoms with E-state index in [2.05, 4.69) is 0 Å². The molecule has 136 valence electrons. The quantitative estimate of drug-likeness (QED) is 0.347. The fourth-order valence-electron chi connectivity index (χ4n) is 2.91. The summed E-state index contributed by atoms with van der Waals surface area (Å²) in [5.74, 6) is -6.41. The van der Waals surface area contributed by atoms with Crippen molar-refractivity contribution in [2.75, 3.05) is 0 Å². The van der Waals surface area contributed by atoms with Crippen LogP contribution in [0.2, 0.25) is 0 Å². The summed E-state index contributed by atoms with van der Waals surface area (Å²) in [6.07, 6.45) is -1.01. The molecule has 0 aliphatic heterocycles. The number of benzene rings is 1. The molecular weight excluding hydrogens is 378 g/mol. The van der Waals surface area contributed by atoms with Crippen LogP contribution in [0.5, 0.6) is 0 Å². The van der Waals surface area contributed by atoms with E-state index < -0.39 is 67.7 Å². The fraction of sp³-hybridized carbons (Fsp3) is 0.429. The standard InChI is InChI=1S/C14H14ClNO8S/c15-11-5-9(13(17)18)10(14(19)20)6-12(11)25(23,24)8-3-1-2-7(4-8)16(21)22/h1-4,9-12H,5-6H2,(H,17,18)(H,19,20)/p-2/t9-,10-,11+,12+/m1/s1. The predicted octanol–water partition coefficient (Wildman–Crippen LogP) is -1.13. The Kier molecular flexibility index (Phi) is 5.33. The summed E-state index contributed by atoms with van der Waals surface area (Å²) >= 11 is 6.01. The molecule has 0 bridgehead atoms. The van der Waals surface area contributed by atoms with Crippen LogP contribution in [0.1, 0.15) is 12.8 Å². The highest BCUT2D eigenvalue weighted by Crippen LogP contribution is 2.38. The Morgan fingerprint density at radius 1 is 1.12 bits per heavy atom. The molecule has 0 unspecified atom stereocenters. The number of non-ortho nitro benzene ring substituents is 1. The van der Waals surface area contributed by atoms with Crippen LogP contribution in [-0.4, -0.2) is 35.9 Å². The third-order valence-electron chi connectivity index (χ3n) is 4.22. The molecule has 25 heavy (non-hydrogen) atoms. The molecule has 9 nitrogen and oxygen atoms in total. The monoisotopic (exact) mass is 389 g/mol.